The van der Waals surface area contributed by atoms with Crippen LogP contribution in [-0.4, -0.2) is 30.0 Å². The quantitative estimate of drug-likeness (QED) is 0.309. The maximum Gasteiger partial charge on any atom is 0.208 e. The first-order valence-corrected chi connectivity index (χ1v) is 5.61. The first-order chi connectivity index (χ1) is 6.83. The van der Waals surface area contributed by atoms with Gasteiger partial charge in [0, 0.05) is 19.1 Å². The predicted octanol–water partition coefficient (Wildman–Crippen LogP) is 1.09. The van der Waals surface area contributed by atoms with E-state index < -0.39 is 0 Å². The van der Waals surface area contributed by atoms with Crippen molar-refractivity contribution >= 4 is 5.96 Å². The average molecular weight is 198 g/mol. The van der Waals surface area contributed by atoms with Gasteiger partial charge in [-0.15, -0.1) is 0 Å². The summed E-state index contributed by atoms with van der Waals surface area (Å²) in [7, 11) is 0. The van der Waals surface area contributed by atoms with Crippen LogP contribution in [0.25, 0.3) is 0 Å². The van der Waals surface area contributed by atoms with E-state index >= 15 is 0 Å². The molecule has 0 spiro atoms. The molecule has 0 aromatic rings. The minimum absolute atomic E-state index is 0.627. The monoisotopic (exact) mass is 198 g/mol. The highest BCUT2D eigenvalue weighted by atomic mass is 15.4. The van der Waals surface area contributed by atoms with Gasteiger partial charge in [-0.05, 0) is 25.7 Å². The minimum atomic E-state index is 0.627. The number of hydrogen-bond donors (Lipinski definition) is 2. The van der Waals surface area contributed by atoms with Crippen LogP contribution in [0.3, 0.4) is 0 Å². The van der Waals surface area contributed by atoms with E-state index in [4.69, 9.17) is 5.84 Å². The molecule has 0 radical (unpaired) electrons. The summed E-state index contributed by atoms with van der Waals surface area (Å²) >= 11 is 0. The van der Waals surface area contributed by atoms with Gasteiger partial charge < -0.3 is 4.90 Å². The van der Waals surface area contributed by atoms with Crippen molar-refractivity contribution in [1.82, 2.24) is 10.3 Å². The molecule has 1 unspecified atom stereocenters. The smallest absolute Gasteiger partial charge is 0.208 e. The number of nitrogens with zero attached hydrogens (tertiary/aromatic N) is 2. The SMILES string of the molecule is CCCN=C(NN)N1CCCC1CC. The van der Waals surface area contributed by atoms with Crippen molar-refractivity contribution in [2.75, 3.05) is 13.1 Å². The lowest BCUT2D eigenvalue weighted by atomic mass is 10.2. The Hall–Kier alpha value is -0.770. The number of nitrogens with one attached hydrogen (secondary N) is 1. The molecule has 0 aromatic carbocycles. The number of likely N-dealkylation sites (tertiary alicyclic amines) is 1. The normalized spacial score (nSPS) is 22.9. The van der Waals surface area contributed by atoms with Crippen LogP contribution in [0.5, 0.6) is 0 Å². The van der Waals surface area contributed by atoms with Crippen LogP contribution >= 0.6 is 0 Å². The Morgan fingerprint density at radius 3 is 2.93 bits per heavy atom. The average Bonchev–Trinajstić information content (AvgIpc) is 2.67. The Bertz CT molecular complexity index is 191. The highest BCUT2D eigenvalue weighted by Gasteiger charge is 2.25. The van der Waals surface area contributed by atoms with Crippen molar-refractivity contribution < 1.29 is 0 Å². The van der Waals surface area contributed by atoms with E-state index in [1.165, 1.54) is 19.3 Å². The summed E-state index contributed by atoms with van der Waals surface area (Å²) in [6.45, 7) is 6.29. The molecule has 1 fully saturated rings. The van der Waals surface area contributed by atoms with E-state index in [0.717, 1.165) is 25.5 Å². The molecule has 1 aliphatic heterocycles. The van der Waals surface area contributed by atoms with Gasteiger partial charge in [0.05, 0.1) is 0 Å². The Labute approximate surface area is 86.5 Å². The summed E-state index contributed by atoms with van der Waals surface area (Å²) in [5.41, 5.74) is 2.72. The molecular formula is C10H22N4. The van der Waals surface area contributed by atoms with Gasteiger partial charge >= 0.3 is 0 Å². The molecule has 0 aromatic heterocycles. The molecular weight excluding hydrogens is 176 g/mol. The first kappa shape index (κ1) is 11.3. The summed E-state index contributed by atoms with van der Waals surface area (Å²) in [5.74, 6) is 6.36. The Kier molecular flexibility index (Phi) is 4.73. The summed E-state index contributed by atoms with van der Waals surface area (Å²) < 4.78 is 0. The second-order valence-corrected chi connectivity index (χ2v) is 3.75. The fraction of sp³-hybridized carbons (Fsp3) is 0.900. The van der Waals surface area contributed by atoms with Crippen LogP contribution in [0, 0.1) is 0 Å². The number of hydrogen-bond acceptors (Lipinski definition) is 2. The van der Waals surface area contributed by atoms with Crippen LogP contribution in [-0.2, 0) is 0 Å². The van der Waals surface area contributed by atoms with Crippen molar-refractivity contribution in [1.29, 1.82) is 0 Å². The highest BCUT2D eigenvalue weighted by Crippen LogP contribution is 2.19. The van der Waals surface area contributed by atoms with Crippen molar-refractivity contribution in [3.05, 3.63) is 0 Å². The van der Waals surface area contributed by atoms with Gasteiger partial charge in [-0.3, -0.25) is 10.4 Å². The van der Waals surface area contributed by atoms with Gasteiger partial charge in [-0.25, -0.2) is 5.84 Å². The molecule has 4 nitrogen and oxygen atoms in total. The molecule has 0 amide bonds. The van der Waals surface area contributed by atoms with Crippen molar-refractivity contribution in [3.63, 3.8) is 0 Å². The molecule has 0 bridgehead atoms. The second-order valence-electron chi connectivity index (χ2n) is 3.75. The lowest BCUT2D eigenvalue weighted by Gasteiger charge is -2.26. The van der Waals surface area contributed by atoms with E-state index in [1.54, 1.807) is 0 Å². The molecule has 82 valence electrons. The topological polar surface area (TPSA) is 53.6 Å². The third-order valence-corrected chi connectivity index (χ3v) is 2.73. The van der Waals surface area contributed by atoms with Crippen LogP contribution < -0.4 is 11.3 Å². The van der Waals surface area contributed by atoms with Gasteiger partial charge in [0.2, 0.25) is 5.96 Å². The number of rotatable bonds is 3. The van der Waals surface area contributed by atoms with Gasteiger partial charge in [0.15, 0.2) is 0 Å². The summed E-state index contributed by atoms with van der Waals surface area (Å²) in [5, 5.41) is 0. The lowest BCUT2D eigenvalue weighted by Crippen LogP contribution is -2.47. The third kappa shape index (κ3) is 2.61. The van der Waals surface area contributed by atoms with Gasteiger partial charge in [-0.1, -0.05) is 13.8 Å². The van der Waals surface area contributed by atoms with Gasteiger partial charge in [-0.2, -0.15) is 0 Å². The summed E-state index contributed by atoms with van der Waals surface area (Å²) in [4.78, 5) is 6.75. The Morgan fingerprint density at radius 1 is 1.57 bits per heavy atom. The molecule has 0 saturated carbocycles. The molecule has 1 rings (SSSR count). The highest BCUT2D eigenvalue weighted by molar-refractivity contribution is 5.80. The number of nitrogens with two attached hydrogens (primary N) is 1. The van der Waals surface area contributed by atoms with E-state index in [-0.39, 0.29) is 0 Å². The van der Waals surface area contributed by atoms with Crippen molar-refractivity contribution in [3.8, 4) is 0 Å². The molecule has 1 saturated heterocycles. The van der Waals surface area contributed by atoms with Crippen LogP contribution in [0.4, 0.5) is 0 Å². The minimum Gasteiger partial charge on any atom is -0.339 e. The Morgan fingerprint density at radius 2 is 2.36 bits per heavy atom. The zero-order valence-electron chi connectivity index (χ0n) is 9.29. The van der Waals surface area contributed by atoms with E-state index in [9.17, 15) is 0 Å². The van der Waals surface area contributed by atoms with Crippen LogP contribution in [0.15, 0.2) is 4.99 Å². The first-order valence-electron chi connectivity index (χ1n) is 5.61. The largest absolute Gasteiger partial charge is 0.339 e. The fourth-order valence-electron chi connectivity index (χ4n) is 1.98. The van der Waals surface area contributed by atoms with Crippen LogP contribution in [0.2, 0.25) is 0 Å². The van der Waals surface area contributed by atoms with Gasteiger partial charge in [0.25, 0.3) is 0 Å². The second kappa shape index (κ2) is 5.86. The molecule has 4 heteroatoms. The van der Waals surface area contributed by atoms with Gasteiger partial charge in [0.1, 0.15) is 0 Å². The predicted molar refractivity (Wildman–Crippen MR) is 59.9 cm³/mol. The summed E-state index contributed by atoms with van der Waals surface area (Å²) in [6, 6.07) is 0.627. The van der Waals surface area contributed by atoms with Crippen molar-refractivity contribution in [2.24, 2.45) is 10.8 Å². The molecule has 1 aliphatic rings. The maximum atomic E-state index is 5.49. The molecule has 1 heterocycles. The number of guanidine groups is 1. The number of hydrazine groups is 1. The number of aliphatic imine (C=N–C) groups is 1. The van der Waals surface area contributed by atoms with E-state index in [2.05, 4.69) is 29.2 Å². The van der Waals surface area contributed by atoms with Crippen LogP contribution in [0.1, 0.15) is 39.5 Å². The molecule has 0 aliphatic carbocycles. The van der Waals surface area contributed by atoms with E-state index in [1.807, 2.05) is 0 Å². The molecule has 1 atom stereocenters. The standard InChI is InChI=1S/C10H22N4/c1-3-7-12-10(13-11)14-8-5-6-9(14)4-2/h9H,3-8,11H2,1-2H3,(H,12,13). The van der Waals surface area contributed by atoms with Crippen molar-refractivity contribution in [2.45, 2.75) is 45.6 Å². The molecule has 14 heavy (non-hydrogen) atoms. The summed E-state index contributed by atoms with van der Waals surface area (Å²) in [6.07, 6.45) is 4.76. The zero-order chi connectivity index (χ0) is 10.4. The Balaban J connectivity index is 2.58. The maximum absolute atomic E-state index is 5.49. The van der Waals surface area contributed by atoms with E-state index in [0.29, 0.717) is 6.04 Å². The molecule has 3 N–H and O–H groups in total. The third-order valence-electron chi connectivity index (χ3n) is 2.73. The fourth-order valence-corrected chi connectivity index (χ4v) is 1.98. The zero-order valence-corrected chi connectivity index (χ0v) is 9.29. The lowest BCUT2D eigenvalue weighted by molar-refractivity contribution is 0.366.